The van der Waals surface area contributed by atoms with E-state index in [4.69, 9.17) is 9.84 Å². The van der Waals surface area contributed by atoms with Crippen LogP contribution < -0.4 is 9.64 Å². The molecule has 1 N–H and O–H groups in total. The Morgan fingerprint density at radius 2 is 2.16 bits per heavy atom. The monoisotopic (exact) mass is 267 g/mol. The van der Waals surface area contributed by atoms with Crippen molar-refractivity contribution in [2.45, 2.75) is 39.7 Å². The van der Waals surface area contributed by atoms with Crippen LogP contribution in [0.5, 0.6) is 5.88 Å². The molecule has 0 aromatic carbocycles. The van der Waals surface area contributed by atoms with Gasteiger partial charge in [-0.1, -0.05) is 13.8 Å². The highest BCUT2D eigenvalue weighted by atomic mass is 16.5. The zero-order valence-corrected chi connectivity index (χ0v) is 11.9. The number of aryl methyl sites for hydroxylation is 1. The fourth-order valence-corrected chi connectivity index (χ4v) is 1.72. The lowest BCUT2D eigenvalue weighted by atomic mass is 10.2. The van der Waals surface area contributed by atoms with Crippen molar-refractivity contribution in [3.05, 3.63) is 11.8 Å². The Hall–Kier alpha value is -1.85. The second-order valence-corrected chi connectivity index (χ2v) is 4.37. The van der Waals surface area contributed by atoms with Crippen LogP contribution >= 0.6 is 0 Å². The molecular formula is C13H21N3O3. The van der Waals surface area contributed by atoms with E-state index >= 15 is 0 Å². The van der Waals surface area contributed by atoms with Crippen molar-refractivity contribution >= 4 is 11.9 Å². The molecule has 1 aromatic heterocycles. The number of anilines is 1. The van der Waals surface area contributed by atoms with Gasteiger partial charge in [0.1, 0.15) is 6.04 Å². The van der Waals surface area contributed by atoms with Gasteiger partial charge >= 0.3 is 5.97 Å². The summed E-state index contributed by atoms with van der Waals surface area (Å²) in [6.45, 7) is 6.24. The van der Waals surface area contributed by atoms with Gasteiger partial charge in [0.15, 0.2) is 0 Å². The normalized spacial score (nSPS) is 12.0. The number of aromatic nitrogens is 2. The van der Waals surface area contributed by atoms with Gasteiger partial charge in [0.2, 0.25) is 11.8 Å². The summed E-state index contributed by atoms with van der Waals surface area (Å²) in [6.07, 6.45) is 1.37. The maximum absolute atomic E-state index is 11.2. The van der Waals surface area contributed by atoms with Gasteiger partial charge in [-0.25, -0.2) is 9.78 Å². The summed E-state index contributed by atoms with van der Waals surface area (Å²) in [5.74, 6) is -0.0251. The minimum Gasteiger partial charge on any atom is -0.480 e. The third-order valence-electron chi connectivity index (χ3n) is 2.73. The fourth-order valence-electron chi connectivity index (χ4n) is 1.72. The molecule has 0 bridgehead atoms. The Labute approximate surface area is 113 Å². The molecule has 0 fully saturated rings. The maximum Gasteiger partial charge on any atom is 0.326 e. The minimum atomic E-state index is -0.883. The SMILES string of the molecule is CCCOc1cc(C)nc(N(C)C(CC)C(=O)O)n1. The summed E-state index contributed by atoms with van der Waals surface area (Å²) in [6, 6.07) is 1.11. The van der Waals surface area contributed by atoms with E-state index in [0.717, 1.165) is 12.1 Å². The van der Waals surface area contributed by atoms with Crippen molar-refractivity contribution < 1.29 is 14.6 Å². The van der Waals surface area contributed by atoms with Gasteiger partial charge in [-0.05, 0) is 19.8 Å². The topological polar surface area (TPSA) is 75.5 Å². The van der Waals surface area contributed by atoms with E-state index in [1.165, 1.54) is 0 Å². The number of hydrogen-bond donors (Lipinski definition) is 1. The Morgan fingerprint density at radius 3 is 2.68 bits per heavy atom. The number of hydrogen-bond acceptors (Lipinski definition) is 5. The van der Waals surface area contributed by atoms with Gasteiger partial charge in [-0.3, -0.25) is 0 Å². The molecule has 1 heterocycles. The van der Waals surface area contributed by atoms with Gasteiger partial charge in [0.25, 0.3) is 0 Å². The van der Waals surface area contributed by atoms with E-state index in [-0.39, 0.29) is 0 Å². The highest BCUT2D eigenvalue weighted by Crippen LogP contribution is 2.17. The van der Waals surface area contributed by atoms with E-state index in [2.05, 4.69) is 9.97 Å². The second-order valence-electron chi connectivity index (χ2n) is 4.37. The lowest BCUT2D eigenvalue weighted by Gasteiger charge is -2.24. The standard InChI is InChI=1S/C13H21N3O3/c1-5-7-19-11-8-9(3)14-13(15-11)16(4)10(6-2)12(17)18/h8,10H,5-7H2,1-4H3,(H,17,18). The summed E-state index contributed by atoms with van der Waals surface area (Å²) < 4.78 is 5.48. The predicted octanol–water partition coefficient (Wildman–Crippen LogP) is 1.87. The summed E-state index contributed by atoms with van der Waals surface area (Å²) >= 11 is 0. The molecule has 1 unspecified atom stereocenters. The first-order valence-electron chi connectivity index (χ1n) is 6.43. The van der Waals surface area contributed by atoms with E-state index in [1.54, 1.807) is 18.0 Å². The van der Waals surface area contributed by atoms with Gasteiger partial charge in [-0.2, -0.15) is 4.98 Å². The van der Waals surface area contributed by atoms with Crippen molar-refractivity contribution in [2.24, 2.45) is 0 Å². The van der Waals surface area contributed by atoms with Crippen LogP contribution in [-0.2, 0) is 4.79 Å². The summed E-state index contributed by atoms with van der Waals surface area (Å²) in [7, 11) is 1.68. The summed E-state index contributed by atoms with van der Waals surface area (Å²) in [5, 5.41) is 9.16. The third kappa shape index (κ3) is 4.08. The van der Waals surface area contributed by atoms with Crippen LogP contribution in [0.3, 0.4) is 0 Å². The Bertz CT molecular complexity index is 437. The van der Waals surface area contributed by atoms with Crippen molar-refractivity contribution in [3.8, 4) is 5.88 Å². The number of carboxylic acid groups (broad SMARTS) is 1. The van der Waals surface area contributed by atoms with Crippen LogP contribution in [-0.4, -0.2) is 40.7 Å². The van der Waals surface area contributed by atoms with Crippen LogP contribution in [0.4, 0.5) is 5.95 Å². The molecule has 0 spiro atoms. The molecule has 0 amide bonds. The fraction of sp³-hybridized carbons (Fsp3) is 0.615. The zero-order valence-electron chi connectivity index (χ0n) is 11.9. The number of rotatable bonds is 7. The number of carbonyl (C=O) groups is 1. The smallest absolute Gasteiger partial charge is 0.326 e. The Morgan fingerprint density at radius 1 is 1.47 bits per heavy atom. The van der Waals surface area contributed by atoms with Crippen LogP contribution in [0.15, 0.2) is 6.07 Å². The minimum absolute atomic E-state index is 0.375. The van der Waals surface area contributed by atoms with Crippen LogP contribution in [0.1, 0.15) is 32.4 Å². The lowest BCUT2D eigenvalue weighted by Crippen LogP contribution is -2.39. The van der Waals surface area contributed by atoms with Gasteiger partial charge in [0.05, 0.1) is 6.61 Å². The summed E-state index contributed by atoms with van der Waals surface area (Å²) in [5.41, 5.74) is 0.753. The van der Waals surface area contributed by atoms with Crippen LogP contribution in [0.2, 0.25) is 0 Å². The van der Waals surface area contributed by atoms with E-state index in [0.29, 0.717) is 24.9 Å². The first kappa shape index (κ1) is 15.2. The number of ether oxygens (including phenoxy) is 1. The Balaban J connectivity index is 2.98. The first-order valence-corrected chi connectivity index (χ1v) is 6.43. The Kier molecular flexibility index (Phi) is 5.54. The molecule has 1 atom stereocenters. The molecule has 0 radical (unpaired) electrons. The molecule has 0 aliphatic rings. The maximum atomic E-state index is 11.2. The van der Waals surface area contributed by atoms with E-state index in [9.17, 15) is 4.79 Å². The molecule has 0 saturated heterocycles. The molecule has 6 nitrogen and oxygen atoms in total. The molecule has 1 aromatic rings. The zero-order chi connectivity index (χ0) is 14.4. The quantitative estimate of drug-likeness (QED) is 0.813. The van der Waals surface area contributed by atoms with Crippen molar-refractivity contribution in [1.29, 1.82) is 0 Å². The predicted molar refractivity (Wildman–Crippen MR) is 72.7 cm³/mol. The van der Waals surface area contributed by atoms with Crippen molar-refractivity contribution in [1.82, 2.24) is 9.97 Å². The molecule has 0 aliphatic carbocycles. The number of likely N-dealkylation sites (N-methyl/N-ethyl adjacent to an activating group) is 1. The molecule has 6 heteroatoms. The highest BCUT2D eigenvalue weighted by Gasteiger charge is 2.23. The first-order chi connectivity index (χ1) is 8.99. The van der Waals surface area contributed by atoms with Gasteiger partial charge in [0, 0.05) is 18.8 Å². The van der Waals surface area contributed by atoms with Gasteiger partial charge in [-0.15, -0.1) is 0 Å². The van der Waals surface area contributed by atoms with Crippen LogP contribution in [0, 0.1) is 6.92 Å². The molecule has 1 rings (SSSR count). The highest BCUT2D eigenvalue weighted by molar-refractivity contribution is 5.77. The number of nitrogens with zero attached hydrogens (tertiary/aromatic N) is 3. The molecular weight excluding hydrogens is 246 g/mol. The largest absolute Gasteiger partial charge is 0.480 e. The molecule has 19 heavy (non-hydrogen) atoms. The number of carboxylic acids is 1. The molecule has 0 saturated carbocycles. The average molecular weight is 267 g/mol. The van der Waals surface area contributed by atoms with Gasteiger partial charge < -0.3 is 14.7 Å². The number of aliphatic carboxylic acids is 1. The second kappa shape index (κ2) is 6.92. The molecule has 0 aliphatic heterocycles. The average Bonchev–Trinajstić information content (AvgIpc) is 2.36. The summed E-state index contributed by atoms with van der Waals surface area (Å²) in [4.78, 5) is 21.2. The van der Waals surface area contributed by atoms with E-state index < -0.39 is 12.0 Å². The third-order valence-corrected chi connectivity index (χ3v) is 2.73. The molecule has 106 valence electrons. The van der Waals surface area contributed by atoms with Crippen molar-refractivity contribution in [3.63, 3.8) is 0 Å². The van der Waals surface area contributed by atoms with E-state index in [1.807, 2.05) is 20.8 Å². The lowest BCUT2D eigenvalue weighted by molar-refractivity contribution is -0.138. The van der Waals surface area contributed by atoms with Crippen LogP contribution in [0.25, 0.3) is 0 Å². The van der Waals surface area contributed by atoms with Crippen molar-refractivity contribution in [2.75, 3.05) is 18.6 Å².